The highest BCUT2D eigenvalue weighted by Gasteiger charge is 1.90. The summed E-state index contributed by atoms with van der Waals surface area (Å²) in [5.74, 6) is 0. The normalized spacial score (nSPS) is 11.9. The molecular weight excluding hydrogens is 204 g/mol. The average molecular weight is 234 g/mol. The molecule has 0 saturated carbocycles. The van der Waals surface area contributed by atoms with Crippen LogP contribution in [0.15, 0.2) is 24.3 Å². The van der Waals surface area contributed by atoms with Gasteiger partial charge in [0.2, 0.25) is 0 Å². The van der Waals surface area contributed by atoms with E-state index in [-0.39, 0.29) is 0 Å². The van der Waals surface area contributed by atoms with Crippen molar-refractivity contribution in [2.75, 3.05) is 0 Å². The average Bonchev–Trinajstić information content (AvgIpc) is 2.35. The van der Waals surface area contributed by atoms with Crippen LogP contribution in [-0.4, -0.2) is 0 Å². The van der Waals surface area contributed by atoms with Gasteiger partial charge in [-0.2, -0.15) is 0 Å². The molecule has 0 heterocycles. The number of unbranched alkanes of at least 4 members (excludes halogenated alkanes) is 9. The first-order valence-corrected chi connectivity index (χ1v) is 7.30. The van der Waals surface area contributed by atoms with E-state index in [1.807, 2.05) is 6.08 Å². The highest BCUT2D eigenvalue weighted by molar-refractivity contribution is 4.93. The van der Waals surface area contributed by atoms with Gasteiger partial charge < -0.3 is 0 Å². The highest BCUT2D eigenvalue weighted by Crippen LogP contribution is 2.10. The third-order valence-corrected chi connectivity index (χ3v) is 2.98. The van der Waals surface area contributed by atoms with E-state index in [0.29, 0.717) is 0 Å². The van der Waals surface area contributed by atoms with Gasteiger partial charge in [0.15, 0.2) is 0 Å². The molecule has 0 saturated heterocycles. The first-order valence-electron chi connectivity index (χ1n) is 7.30. The minimum Gasteiger partial charge on any atom is -0.0882 e. The first kappa shape index (κ1) is 16.5. The Morgan fingerprint density at radius 3 is 1.82 bits per heavy atom. The third-order valence-electron chi connectivity index (χ3n) is 2.98. The molecule has 0 atom stereocenters. The molecule has 0 N–H and O–H groups in total. The van der Waals surface area contributed by atoms with Gasteiger partial charge in [0, 0.05) is 0 Å². The Kier molecular flexibility index (Phi) is 15.0. The summed E-state index contributed by atoms with van der Waals surface area (Å²) in [5, 5.41) is 0. The molecule has 0 rings (SSSR count). The highest BCUT2D eigenvalue weighted by atomic mass is 14.0. The zero-order chi connectivity index (χ0) is 12.6. The Labute approximate surface area is 109 Å². The van der Waals surface area contributed by atoms with Gasteiger partial charge in [-0.15, -0.1) is 0 Å². The van der Waals surface area contributed by atoms with Crippen molar-refractivity contribution in [2.45, 2.75) is 70.6 Å². The summed E-state index contributed by atoms with van der Waals surface area (Å²) in [6.45, 7) is 7.53. The van der Waals surface area contributed by atoms with E-state index < -0.39 is 0 Å². The van der Waals surface area contributed by atoms with Gasteiger partial charge in [0.05, 0.1) is 0 Å². The molecule has 2 radical (unpaired) electrons. The molecule has 0 fully saturated rings. The molecular formula is C17H30. The van der Waals surface area contributed by atoms with Crippen LogP contribution in [0.1, 0.15) is 70.6 Å². The molecule has 0 aliphatic rings. The Balaban J connectivity index is 3.00. The van der Waals surface area contributed by atoms with Crippen LogP contribution in [0.4, 0.5) is 0 Å². The van der Waals surface area contributed by atoms with Crippen LogP contribution < -0.4 is 0 Å². The minimum atomic E-state index is 1.04. The van der Waals surface area contributed by atoms with E-state index >= 15 is 0 Å². The summed E-state index contributed by atoms with van der Waals surface area (Å²) in [6.07, 6.45) is 23.0. The second kappa shape index (κ2) is 15.5. The Morgan fingerprint density at radius 2 is 1.24 bits per heavy atom. The van der Waals surface area contributed by atoms with Gasteiger partial charge in [-0.3, -0.25) is 0 Å². The van der Waals surface area contributed by atoms with Crippen LogP contribution in [-0.2, 0) is 0 Å². The topological polar surface area (TPSA) is 0 Å². The summed E-state index contributed by atoms with van der Waals surface area (Å²) >= 11 is 0. The van der Waals surface area contributed by atoms with Crippen LogP contribution in [0.3, 0.4) is 0 Å². The number of allylic oxidation sites excluding steroid dienone is 4. The van der Waals surface area contributed by atoms with E-state index in [0.717, 1.165) is 12.8 Å². The van der Waals surface area contributed by atoms with E-state index in [9.17, 15) is 0 Å². The molecule has 0 aromatic rings. The van der Waals surface area contributed by atoms with Gasteiger partial charge in [0.1, 0.15) is 0 Å². The maximum atomic E-state index is 3.87. The minimum absolute atomic E-state index is 1.04. The summed E-state index contributed by atoms with van der Waals surface area (Å²) in [5.41, 5.74) is 0. The van der Waals surface area contributed by atoms with Crippen LogP contribution in [0, 0.1) is 13.8 Å². The van der Waals surface area contributed by atoms with Gasteiger partial charge in [-0.05, 0) is 26.2 Å². The lowest BCUT2D eigenvalue weighted by Crippen LogP contribution is -1.80. The predicted octanol–water partition coefficient (Wildman–Crippen LogP) is 6.06. The third kappa shape index (κ3) is 15.5. The molecule has 0 aliphatic heterocycles. The number of hydrogen-bond acceptors (Lipinski definition) is 0. The molecule has 0 nitrogen and oxygen atoms in total. The lowest BCUT2D eigenvalue weighted by atomic mass is 10.1. The van der Waals surface area contributed by atoms with Crippen LogP contribution >= 0.6 is 0 Å². The SMILES string of the molecule is [CH2]C=CCC=CCCCCCCCCCC[CH2]. The van der Waals surface area contributed by atoms with Crippen LogP contribution in [0.5, 0.6) is 0 Å². The maximum Gasteiger partial charge on any atom is -0.0169 e. The molecule has 0 aromatic heterocycles. The maximum absolute atomic E-state index is 3.87. The van der Waals surface area contributed by atoms with Crippen molar-refractivity contribution in [2.24, 2.45) is 0 Å². The fraction of sp³-hybridized carbons (Fsp3) is 0.647. The molecule has 0 aromatic carbocycles. The quantitative estimate of drug-likeness (QED) is 0.284. The van der Waals surface area contributed by atoms with Crippen molar-refractivity contribution in [3.05, 3.63) is 38.2 Å². The first-order chi connectivity index (χ1) is 8.41. The Morgan fingerprint density at radius 1 is 0.647 bits per heavy atom. The van der Waals surface area contributed by atoms with Crippen LogP contribution in [0.2, 0.25) is 0 Å². The second-order valence-corrected chi connectivity index (χ2v) is 4.65. The zero-order valence-corrected chi connectivity index (χ0v) is 11.5. The molecule has 17 heavy (non-hydrogen) atoms. The standard InChI is InChI=1S/C17H30/c1-3-5-7-9-11-13-15-17-16-14-12-10-8-6-4-2/h3,5,9,11H,1-2,4,6-8,10,12-17H2. The molecule has 0 amide bonds. The Hall–Kier alpha value is -0.520. The lowest BCUT2D eigenvalue weighted by Gasteiger charge is -2.00. The molecule has 0 heteroatoms. The summed E-state index contributed by atoms with van der Waals surface area (Å²) in [4.78, 5) is 0. The lowest BCUT2D eigenvalue weighted by molar-refractivity contribution is 0.571. The van der Waals surface area contributed by atoms with Crippen molar-refractivity contribution in [3.8, 4) is 0 Å². The fourth-order valence-corrected chi connectivity index (χ4v) is 1.89. The number of rotatable bonds is 12. The Bertz CT molecular complexity index is 176. The molecule has 0 bridgehead atoms. The van der Waals surface area contributed by atoms with Gasteiger partial charge in [0.25, 0.3) is 0 Å². The van der Waals surface area contributed by atoms with Gasteiger partial charge in [-0.25, -0.2) is 0 Å². The smallest absolute Gasteiger partial charge is 0.0169 e. The second-order valence-electron chi connectivity index (χ2n) is 4.65. The van der Waals surface area contributed by atoms with Crippen molar-refractivity contribution in [1.29, 1.82) is 0 Å². The van der Waals surface area contributed by atoms with E-state index in [4.69, 9.17) is 0 Å². The molecule has 98 valence electrons. The van der Waals surface area contributed by atoms with E-state index in [1.165, 1.54) is 57.8 Å². The van der Waals surface area contributed by atoms with Crippen molar-refractivity contribution >= 4 is 0 Å². The monoisotopic (exact) mass is 234 g/mol. The van der Waals surface area contributed by atoms with Crippen molar-refractivity contribution in [1.82, 2.24) is 0 Å². The predicted molar refractivity (Wildman–Crippen MR) is 79.8 cm³/mol. The largest absolute Gasteiger partial charge is 0.0882 e. The van der Waals surface area contributed by atoms with Crippen LogP contribution in [0.25, 0.3) is 0 Å². The molecule has 0 aliphatic carbocycles. The molecule has 0 spiro atoms. The number of hydrogen-bond donors (Lipinski definition) is 0. The van der Waals surface area contributed by atoms with E-state index in [2.05, 4.69) is 32.1 Å². The zero-order valence-electron chi connectivity index (χ0n) is 11.5. The van der Waals surface area contributed by atoms with Crippen molar-refractivity contribution in [3.63, 3.8) is 0 Å². The summed E-state index contributed by atoms with van der Waals surface area (Å²) in [6, 6.07) is 0. The molecule has 0 unspecified atom stereocenters. The van der Waals surface area contributed by atoms with Gasteiger partial charge in [-0.1, -0.05) is 82.6 Å². The van der Waals surface area contributed by atoms with Crippen molar-refractivity contribution < 1.29 is 0 Å². The van der Waals surface area contributed by atoms with Gasteiger partial charge >= 0.3 is 0 Å². The summed E-state index contributed by atoms with van der Waals surface area (Å²) < 4.78 is 0. The van der Waals surface area contributed by atoms with E-state index in [1.54, 1.807) is 0 Å². The fourth-order valence-electron chi connectivity index (χ4n) is 1.89. The summed E-state index contributed by atoms with van der Waals surface area (Å²) in [7, 11) is 0.